The van der Waals surface area contributed by atoms with Gasteiger partial charge in [0.1, 0.15) is 11.4 Å². The second kappa shape index (κ2) is 5.19. The molecule has 1 aromatic carbocycles. The Morgan fingerprint density at radius 1 is 1.47 bits per heavy atom. The Hall–Kier alpha value is -1.55. The predicted molar refractivity (Wildman–Crippen MR) is 67.0 cm³/mol. The highest BCUT2D eigenvalue weighted by atomic mass is 16.3. The van der Waals surface area contributed by atoms with Gasteiger partial charge in [0.25, 0.3) is 5.91 Å². The van der Waals surface area contributed by atoms with Crippen molar-refractivity contribution in [2.75, 3.05) is 5.32 Å². The van der Waals surface area contributed by atoms with E-state index >= 15 is 0 Å². The van der Waals surface area contributed by atoms with E-state index in [0.717, 1.165) is 0 Å². The maximum Gasteiger partial charge on any atom is 0.256 e. The summed E-state index contributed by atoms with van der Waals surface area (Å²) < 4.78 is 0. The number of amides is 1. The van der Waals surface area contributed by atoms with Crippen LogP contribution in [0.1, 0.15) is 32.3 Å². The first-order chi connectivity index (χ1) is 7.88. The zero-order valence-corrected chi connectivity index (χ0v) is 10.4. The van der Waals surface area contributed by atoms with Gasteiger partial charge in [-0.25, -0.2) is 0 Å². The number of para-hydroxylation sites is 1. The Morgan fingerprint density at radius 2 is 2.12 bits per heavy atom. The van der Waals surface area contributed by atoms with Crippen molar-refractivity contribution in [2.45, 2.75) is 39.2 Å². The van der Waals surface area contributed by atoms with Gasteiger partial charge in [0.2, 0.25) is 0 Å². The number of carbonyl (C=O) groups excluding carboxylic acids is 1. The lowest BCUT2D eigenvalue weighted by Crippen LogP contribution is -2.39. The Balaban J connectivity index is 2.85. The summed E-state index contributed by atoms with van der Waals surface area (Å²) in [6.07, 6.45) is 1.09. The van der Waals surface area contributed by atoms with Crippen LogP contribution in [0.15, 0.2) is 18.2 Å². The van der Waals surface area contributed by atoms with Crippen LogP contribution in [0.4, 0.5) is 5.69 Å². The number of rotatable bonds is 4. The molecule has 0 aromatic heterocycles. The molecule has 94 valence electrons. The van der Waals surface area contributed by atoms with Gasteiger partial charge in [-0.1, -0.05) is 25.5 Å². The van der Waals surface area contributed by atoms with Crippen molar-refractivity contribution >= 4 is 11.6 Å². The molecular formula is C13H19NO3. The molecule has 0 aliphatic rings. The lowest BCUT2D eigenvalue weighted by Gasteiger charge is -2.22. The Morgan fingerprint density at radius 3 is 2.71 bits per heavy atom. The van der Waals surface area contributed by atoms with E-state index in [1.165, 1.54) is 6.92 Å². The number of nitrogens with one attached hydrogen (secondary N) is 1. The number of aryl methyl sites for hydroxylation is 1. The molecule has 4 nitrogen and oxygen atoms in total. The Kier molecular flexibility index (Phi) is 4.12. The van der Waals surface area contributed by atoms with Crippen LogP contribution < -0.4 is 5.32 Å². The van der Waals surface area contributed by atoms with E-state index < -0.39 is 11.5 Å². The van der Waals surface area contributed by atoms with Gasteiger partial charge in [-0.3, -0.25) is 4.79 Å². The van der Waals surface area contributed by atoms with Crippen LogP contribution in [-0.2, 0) is 4.79 Å². The van der Waals surface area contributed by atoms with Crippen molar-refractivity contribution in [1.29, 1.82) is 0 Å². The molecule has 0 radical (unpaired) electrons. The first-order valence-corrected chi connectivity index (χ1v) is 5.71. The summed E-state index contributed by atoms with van der Waals surface area (Å²) in [7, 11) is 0. The first-order valence-electron chi connectivity index (χ1n) is 5.71. The number of hydrogen-bond donors (Lipinski definition) is 3. The summed E-state index contributed by atoms with van der Waals surface area (Å²) in [6.45, 7) is 5.11. The van der Waals surface area contributed by atoms with Crippen molar-refractivity contribution in [1.82, 2.24) is 0 Å². The SMILES string of the molecule is CCC[C@](C)(O)C(=O)Nc1cccc(C)c1O. The summed E-state index contributed by atoms with van der Waals surface area (Å²) in [5, 5.41) is 22.2. The predicted octanol–water partition coefficient (Wildman–Crippen LogP) is 2.19. The molecule has 4 heteroatoms. The summed E-state index contributed by atoms with van der Waals surface area (Å²) in [5.41, 5.74) is -0.408. The fourth-order valence-corrected chi connectivity index (χ4v) is 1.62. The van der Waals surface area contributed by atoms with E-state index in [2.05, 4.69) is 5.32 Å². The molecule has 1 atom stereocenters. The largest absolute Gasteiger partial charge is 0.505 e. The number of anilines is 1. The van der Waals surface area contributed by atoms with E-state index in [4.69, 9.17) is 0 Å². The molecule has 1 aromatic rings. The molecule has 1 amide bonds. The van der Waals surface area contributed by atoms with Gasteiger partial charge in [0, 0.05) is 0 Å². The van der Waals surface area contributed by atoms with Gasteiger partial charge < -0.3 is 15.5 Å². The number of benzene rings is 1. The maximum absolute atomic E-state index is 11.8. The van der Waals surface area contributed by atoms with E-state index in [1.807, 2.05) is 6.92 Å². The van der Waals surface area contributed by atoms with Crippen LogP contribution in [-0.4, -0.2) is 21.7 Å². The van der Waals surface area contributed by atoms with E-state index in [0.29, 0.717) is 24.1 Å². The molecule has 1 rings (SSSR count). The number of aromatic hydroxyl groups is 1. The molecule has 0 spiro atoms. The smallest absolute Gasteiger partial charge is 0.256 e. The first kappa shape index (κ1) is 13.5. The standard InChI is InChI=1S/C13H19NO3/c1-4-8-13(3,17)12(16)14-10-7-5-6-9(2)11(10)15/h5-7,15,17H,4,8H2,1-3H3,(H,14,16)/t13-/m0/s1. The molecule has 0 heterocycles. The van der Waals surface area contributed by atoms with Gasteiger partial charge in [-0.15, -0.1) is 0 Å². The fraction of sp³-hybridized carbons (Fsp3) is 0.462. The molecule has 3 N–H and O–H groups in total. The normalized spacial score (nSPS) is 14.1. The molecule has 0 aliphatic carbocycles. The van der Waals surface area contributed by atoms with Crippen LogP contribution >= 0.6 is 0 Å². The van der Waals surface area contributed by atoms with Gasteiger partial charge in [-0.2, -0.15) is 0 Å². The van der Waals surface area contributed by atoms with Crippen molar-refractivity contribution < 1.29 is 15.0 Å². The summed E-state index contributed by atoms with van der Waals surface area (Å²) in [5.74, 6) is -0.464. The van der Waals surface area contributed by atoms with Crippen molar-refractivity contribution in [3.63, 3.8) is 0 Å². The van der Waals surface area contributed by atoms with Crippen molar-refractivity contribution in [3.8, 4) is 5.75 Å². The van der Waals surface area contributed by atoms with Crippen molar-refractivity contribution in [3.05, 3.63) is 23.8 Å². The number of phenols is 1. The van der Waals surface area contributed by atoms with E-state index in [-0.39, 0.29) is 5.75 Å². The highest BCUT2D eigenvalue weighted by molar-refractivity contribution is 5.98. The van der Waals surface area contributed by atoms with Gasteiger partial charge in [0.15, 0.2) is 0 Å². The molecular weight excluding hydrogens is 218 g/mol. The second-order valence-corrected chi connectivity index (χ2v) is 4.45. The van der Waals surface area contributed by atoms with Gasteiger partial charge in [0.05, 0.1) is 5.69 Å². The molecule has 0 bridgehead atoms. The van der Waals surface area contributed by atoms with E-state index in [9.17, 15) is 15.0 Å². The lowest BCUT2D eigenvalue weighted by molar-refractivity contribution is -0.133. The molecule has 0 aliphatic heterocycles. The molecule has 0 saturated carbocycles. The third-order valence-corrected chi connectivity index (χ3v) is 2.71. The van der Waals surface area contributed by atoms with Crippen LogP contribution in [0.2, 0.25) is 0 Å². The van der Waals surface area contributed by atoms with Gasteiger partial charge in [-0.05, 0) is 31.9 Å². The average Bonchev–Trinajstić information content (AvgIpc) is 2.24. The minimum absolute atomic E-state index is 0.0353. The number of aliphatic hydroxyl groups is 1. The minimum Gasteiger partial charge on any atom is -0.505 e. The molecule has 17 heavy (non-hydrogen) atoms. The highest BCUT2D eigenvalue weighted by Crippen LogP contribution is 2.27. The zero-order valence-electron chi connectivity index (χ0n) is 10.4. The summed E-state index contributed by atoms with van der Waals surface area (Å²) in [4.78, 5) is 11.8. The fourth-order valence-electron chi connectivity index (χ4n) is 1.62. The third kappa shape index (κ3) is 3.20. The Bertz CT molecular complexity index is 413. The van der Waals surface area contributed by atoms with Crippen LogP contribution in [0.5, 0.6) is 5.75 Å². The molecule has 0 unspecified atom stereocenters. The monoisotopic (exact) mass is 237 g/mol. The number of carbonyl (C=O) groups is 1. The lowest BCUT2D eigenvalue weighted by atomic mass is 9.99. The molecule has 0 saturated heterocycles. The number of hydrogen-bond acceptors (Lipinski definition) is 3. The second-order valence-electron chi connectivity index (χ2n) is 4.45. The average molecular weight is 237 g/mol. The topological polar surface area (TPSA) is 69.6 Å². The Labute approximate surface area is 101 Å². The van der Waals surface area contributed by atoms with Crippen molar-refractivity contribution in [2.24, 2.45) is 0 Å². The van der Waals surface area contributed by atoms with Crippen LogP contribution in [0, 0.1) is 6.92 Å². The van der Waals surface area contributed by atoms with Crippen LogP contribution in [0.3, 0.4) is 0 Å². The quantitative estimate of drug-likeness (QED) is 0.703. The van der Waals surface area contributed by atoms with Gasteiger partial charge >= 0.3 is 0 Å². The highest BCUT2D eigenvalue weighted by Gasteiger charge is 2.29. The molecule has 0 fully saturated rings. The summed E-state index contributed by atoms with van der Waals surface area (Å²) in [6, 6.07) is 5.08. The summed E-state index contributed by atoms with van der Waals surface area (Å²) >= 11 is 0. The van der Waals surface area contributed by atoms with Crippen LogP contribution in [0.25, 0.3) is 0 Å². The zero-order chi connectivity index (χ0) is 13.1. The maximum atomic E-state index is 11.8. The minimum atomic E-state index is -1.41. The third-order valence-electron chi connectivity index (χ3n) is 2.71. The van der Waals surface area contributed by atoms with E-state index in [1.54, 1.807) is 25.1 Å². The number of phenolic OH excluding ortho intramolecular Hbond substituents is 1.